The van der Waals surface area contributed by atoms with E-state index in [0.29, 0.717) is 12.8 Å². The van der Waals surface area contributed by atoms with Crippen LogP contribution in [0.15, 0.2) is 35.5 Å². The molecular formula is C22H34O7. The molecule has 7 heteroatoms. The molecule has 0 unspecified atom stereocenters. The van der Waals surface area contributed by atoms with Crippen LogP contribution in [0.1, 0.15) is 40.0 Å². The van der Waals surface area contributed by atoms with E-state index in [1.807, 2.05) is 39.0 Å². The Kier molecular flexibility index (Phi) is 13.6. The first-order valence-corrected chi connectivity index (χ1v) is 9.53. The second-order valence-electron chi connectivity index (χ2n) is 6.99. The zero-order valence-electron chi connectivity index (χ0n) is 18.3. The van der Waals surface area contributed by atoms with Gasteiger partial charge in [-0.1, -0.05) is 30.7 Å². The number of carbonyl (C=O) groups is 3. The predicted molar refractivity (Wildman–Crippen MR) is 110 cm³/mol. The molecule has 164 valence electrons. The molecule has 7 nitrogen and oxygen atoms in total. The molecule has 0 rings (SSSR count). The highest BCUT2D eigenvalue weighted by molar-refractivity contribution is 6.01. The van der Waals surface area contributed by atoms with Gasteiger partial charge in [-0.15, -0.1) is 0 Å². The molecule has 2 atom stereocenters. The number of rotatable bonds is 13. The third-order valence-corrected chi connectivity index (χ3v) is 4.54. The van der Waals surface area contributed by atoms with Gasteiger partial charge >= 0.3 is 11.9 Å². The maximum Gasteiger partial charge on any atom is 0.320 e. The molecule has 0 aromatic rings. The molecule has 0 spiro atoms. The lowest BCUT2D eigenvalue weighted by Crippen LogP contribution is -2.28. The van der Waals surface area contributed by atoms with E-state index in [2.05, 4.69) is 9.47 Å². The van der Waals surface area contributed by atoms with Gasteiger partial charge in [0.15, 0.2) is 11.7 Å². The largest absolute Gasteiger partial charge is 0.468 e. The molecule has 0 saturated heterocycles. The Labute approximate surface area is 173 Å². The maximum absolute atomic E-state index is 12.2. The first kappa shape index (κ1) is 26.8. The van der Waals surface area contributed by atoms with Crippen molar-refractivity contribution in [2.45, 2.75) is 46.1 Å². The third-order valence-electron chi connectivity index (χ3n) is 4.54. The Balaban J connectivity index is 4.84. The number of aliphatic hydroxyl groups is 1. The smallest absolute Gasteiger partial charge is 0.320 e. The van der Waals surface area contributed by atoms with Crippen LogP contribution in [0.25, 0.3) is 0 Å². The van der Waals surface area contributed by atoms with Crippen molar-refractivity contribution in [3.8, 4) is 0 Å². The summed E-state index contributed by atoms with van der Waals surface area (Å²) in [6.45, 7) is 5.73. The number of ether oxygens (including phenoxy) is 3. The minimum atomic E-state index is -1.26. The summed E-state index contributed by atoms with van der Waals surface area (Å²) in [6, 6.07) is 0. The van der Waals surface area contributed by atoms with Crippen LogP contribution in [0.4, 0.5) is 0 Å². The van der Waals surface area contributed by atoms with Crippen molar-refractivity contribution in [3.63, 3.8) is 0 Å². The van der Waals surface area contributed by atoms with Gasteiger partial charge in [0.2, 0.25) is 0 Å². The number of esters is 2. The van der Waals surface area contributed by atoms with Gasteiger partial charge in [-0.3, -0.25) is 14.4 Å². The average molecular weight is 411 g/mol. The molecule has 29 heavy (non-hydrogen) atoms. The Morgan fingerprint density at radius 2 is 1.59 bits per heavy atom. The minimum Gasteiger partial charge on any atom is -0.468 e. The predicted octanol–water partition coefficient (Wildman–Crippen LogP) is 2.78. The second-order valence-corrected chi connectivity index (χ2v) is 6.99. The number of hydrogen-bond acceptors (Lipinski definition) is 7. The Morgan fingerprint density at radius 1 is 1.00 bits per heavy atom. The third kappa shape index (κ3) is 10.8. The molecule has 0 aromatic heterocycles. The fourth-order valence-corrected chi connectivity index (χ4v) is 2.69. The van der Waals surface area contributed by atoms with Gasteiger partial charge in [0.25, 0.3) is 0 Å². The highest BCUT2D eigenvalue weighted by atomic mass is 16.5. The summed E-state index contributed by atoms with van der Waals surface area (Å²) in [5.41, 5.74) is 1.70. The first-order valence-electron chi connectivity index (χ1n) is 9.53. The number of carbonyl (C=O) groups excluding carboxylic acids is 3. The van der Waals surface area contributed by atoms with Gasteiger partial charge in [0, 0.05) is 19.4 Å². The summed E-state index contributed by atoms with van der Waals surface area (Å²) in [7, 11) is 3.96. The molecule has 0 amide bonds. The SMILES string of the molecule is COC(=O)C(CC(=O)/C=C(/C)CC[C@H](OC)[C@@H](C)/C=C/C=C(\C)CO)C(=O)OC. The van der Waals surface area contributed by atoms with Crippen LogP contribution < -0.4 is 0 Å². The molecule has 0 aliphatic rings. The van der Waals surface area contributed by atoms with E-state index in [4.69, 9.17) is 9.84 Å². The quantitative estimate of drug-likeness (QED) is 0.216. The van der Waals surface area contributed by atoms with Crippen LogP contribution in [0, 0.1) is 11.8 Å². The summed E-state index contributed by atoms with van der Waals surface area (Å²) in [4.78, 5) is 35.6. The number of hydrogen-bond donors (Lipinski definition) is 1. The van der Waals surface area contributed by atoms with E-state index in [1.165, 1.54) is 6.08 Å². The number of allylic oxidation sites excluding steroid dienone is 4. The highest BCUT2D eigenvalue weighted by Crippen LogP contribution is 2.18. The van der Waals surface area contributed by atoms with Crippen molar-refractivity contribution in [2.75, 3.05) is 27.9 Å². The van der Waals surface area contributed by atoms with Crippen molar-refractivity contribution >= 4 is 17.7 Å². The summed E-state index contributed by atoms with van der Waals surface area (Å²) in [5.74, 6) is -3.03. The van der Waals surface area contributed by atoms with E-state index in [-0.39, 0.29) is 30.8 Å². The molecule has 0 heterocycles. The van der Waals surface area contributed by atoms with E-state index < -0.39 is 17.9 Å². The molecule has 0 saturated carbocycles. The minimum absolute atomic E-state index is 0.0251. The van der Waals surface area contributed by atoms with Crippen molar-refractivity contribution < 1.29 is 33.7 Å². The summed E-state index contributed by atoms with van der Waals surface area (Å²) in [5, 5.41) is 9.00. The fraction of sp³-hybridized carbons (Fsp3) is 0.591. The van der Waals surface area contributed by atoms with E-state index in [0.717, 1.165) is 25.4 Å². The Hall–Kier alpha value is -2.25. The summed E-state index contributed by atoms with van der Waals surface area (Å²) >= 11 is 0. The van der Waals surface area contributed by atoms with Gasteiger partial charge in [0.05, 0.1) is 26.9 Å². The van der Waals surface area contributed by atoms with Crippen molar-refractivity contribution in [1.29, 1.82) is 0 Å². The molecule has 0 aliphatic heterocycles. The molecule has 0 fully saturated rings. The number of methoxy groups -OCH3 is 3. The van der Waals surface area contributed by atoms with Gasteiger partial charge in [-0.2, -0.15) is 0 Å². The molecule has 1 N–H and O–H groups in total. The van der Waals surface area contributed by atoms with Crippen LogP contribution in [0.3, 0.4) is 0 Å². The lowest BCUT2D eigenvalue weighted by molar-refractivity contribution is -0.160. The van der Waals surface area contributed by atoms with E-state index in [9.17, 15) is 14.4 Å². The highest BCUT2D eigenvalue weighted by Gasteiger charge is 2.30. The summed E-state index contributed by atoms with van der Waals surface area (Å²) in [6.07, 6.45) is 8.21. The van der Waals surface area contributed by atoms with Gasteiger partial charge in [-0.25, -0.2) is 0 Å². The van der Waals surface area contributed by atoms with Crippen LogP contribution in [-0.2, 0) is 28.6 Å². The normalized spacial score (nSPS) is 14.8. The number of ketones is 1. The topological polar surface area (TPSA) is 99.1 Å². The van der Waals surface area contributed by atoms with E-state index in [1.54, 1.807) is 7.11 Å². The summed E-state index contributed by atoms with van der Waals surface area (Å²) < 4.78 is 14.7. The lowest BCUT2D eigenvalue weighted by atomic mass is 9.96. The Morgan fingerprint density at radius 3 is 2.07 bits per heavy atom. The van der Waals surface area contributed by atoms with Crippen molar-refractivity contribution in [1.82, 2.24) is 0 Å². The second kappa shape index (κ2) is 14.7. The van der Waals surface area contributed by atoms with Crippen LogP contribution >= 0.6 is 0 Å². The van der Waals surface area contributed by atoms with Crippen LogP contribution in [-0.4, -0.2) is 56.9 Å². The van der Waals surface area contributed by atoms with Gasteiger partial charge in [0.1, 0.15) is 0 Å². The zero-order chi connectivity index (χ0) is 22.4. The lowest BCUT2D eigenvalue weighted by Gasteiger charge is -2.20. The van der Waals surface area contributed by atoms with Crippen LogP contribution in [0.2, 0.25) is 0 Å². The number of aliphatic hydroxyl groups excluding tert-OH is 1. The fourth-order valence-electron chi connectivity index (χ4n) is 2.69. The Bertz CT molecular complexity index is 615. The monoisotopic (exact) mass is 410 g/mol. The van der Waals surface area contributed by atoms with Crippen molar-refractivity contribution in [2.24, 2.45) is 11.8 Å². The van der Waals surface area contributed by atoms with Crippen LogP contribution in [0.5, 0.6) is 0 Å². The van der Waals surface area contributed by atoms with Crippen molar-refractivity contribution in [3.05, 3.63) is 35.5 Å². The molecule has 0 aliphatic carbocycles. The van der Waals surface area contributed by atoms with Gasteiger partial charge < -0.3 is 19.3 Å². The zero-order valence-corrected chi connectivity index (χ0v) is 18.3. The molecular weight excluding hydrogens is 376 g/mol. The molecule has 0 aromatic carbocycles. The molecule has 0 radical (unpaired) electrons. The first-order chi connectivity index (χ1) is 13.7. The molecule has 0 bridgehead atoms. The maximum atomic E-state index is 12.2. The van der Waals surface area contributed by atoms with E-state index >= 15 is 0 Å². The average Bonchev–Trinajstić information content (AvgIpc) is 2.70. The van der Waals surface area contributed by atoms with Gasteiger partial charge in [-0.05, 0) is 38.3 Å². The standard InChI is InChI=1S/C22H34O7/c1-15(12-18(24)13-19(21(25)28-5)22(26)29-6)10-11-20(27-4)17(3)9-7-8-16(2)14-23/h7-9,12,17,19-20,23H,10-11,13-14H2,1-6H3/b9-7+,15-12-,16-8+/t17-,20-/m0/s1.